The van der Waals surface area contributed by atoms with Crippen molar-refractivity contribution in [2.24, 2.45) is 5.10 Å². The Morgan fingerprint density at radius 3 is 2.42 bits per heavy atom. The number of nitrogens with one attached hydrogen (secondary N) is 1. The van der Waals surface area contributed by atoms with Crippen molar-refractivity contribution in [2.45, 2.75) is 32.6 Å². The van der Waals surface area contributed by atoms with Gasteiger partial charge in [-0.25, -0.2) is 5.43 Å². The van der Waals surface area contributed by atoms with Crippen molar-refractivity contribution < 1.29 is 15.0 Å². The van der Waals surface area contributed by atoms with E-state index in [0.29, 0.717) is 0 Å². The average Bonchev–Trinajstić information content (AvgIpc) is 2.61. The quantitative estimate of drug-likeness (QED) is 0.313. The van der Waals surface area contributed by atoms with Gasteiger partial charge in [-0.05, 0) is 36.6 Å². The zero-order chi connectivity index (χ0) is 17.4. The number of phenolic OH excluding ortho intramolecular Hbond substituents is 2. The summed E-state index contributed by atoms with van der Waals surface area (Å²) in [6.07, 6.45) is 3.99. The van der Waals surface area contributed by atoms with Gasteiger partial charge in [0.15, 0.2) is 11.5 Å². The molecule has 0 radical (unpaired) electrons. The highest BCUT2D eigenvalue weighted by Gasteiger charge is 2.09. The molecule has 0 bridgehead atoms. The van der Waals surface area contributed by atoms with Gasteiger partial charge in [0.1, 0.15) is 0 Å². The molecule has 24 heavy (non-hydrogen) atoms. The SMILES string of the molecule is CCCCC/C(=N/NC(=O)c1ccc(O)c(O)c1)c1ccccc1. The lowest BCUT2D eigenvalue weighted by Gasteiger charge is -2.08. The van der Waals surface area contributed by atoms with Crippen LogP contribution in [-0.2, 0) is 0 Å². The first-order chi connectivity index (χ1) is 11.6. The molecule has 0 saturated heterocycles. The summed E-state index contributed by atoms with van der Waals surface area (Å²) in [6, 6.07) is 13.6. The van der Waals surface area contributed by atoms with E-state index in [-0.39, 0.29) is 17.1 Å². The third kappa shape index (κ3) is 4.84. The maximum absolute atomic E-state index is 12.2. The number of carbonyl (C=O) groups is 1. The van der Waals surface area contributed by atoms with Gasteiger partial charge in [-0.1, -0.05) is 50.1 Å². The first-order valence-corrected chi connectivity index (χ1v) is 8.06. The van der Waals surface area contributed by atoms with E-state index >= 15 is 0 Å². The smallest absolute Gasteiger partial charge is 0.271 e. The molecule has 0 saturated carbocycles. The van der Waals surface area contributed by atoms with Gasteiger partial charge in [0.2, 0.25) is 0 Å². The molecule has 0 aliphatic heterocycles. The van der Waals surface area contributed by atoms with Crippen LogP contribution in [0.3, 0.4) is 0 Å². The first kappa shape index (κ1) is 17.5. The molecule has 5 nitrogen and oxygen atoms in total. The van der Waals surface area contributed by atoms with Crippen LogP contribution in [0.4, 0.5) is 0 Å². The Kier molecular flexibility index (Phi) is 6.37. The molecule has 2 aromatic carbocycles. The number of hydrogen-bond donors (Lipinski definition) is 3. The molecule has 0 heterocycles. The van der Waals surface area contributed by atoms with E-state index in [4.69, 9.17) is 0 Å². The average molecular weight is 326 g/mol. The van der Waals surface area contributed by atoms with Crippen LogP contribution in [0.1, 0.15) is 48.5 Å². The molecule has 0 aliphatic rings. The van der Waals surface area contributed by atoms with Crippen molar-refractivity contribution in [1.82, 2.24) is 5.43 Å². The fourth-order valence-electron chi connectivity index (χ4n) is 2.29. The van der Waals surface area contributed by atoms with Crippen molar-refractivity contribution in [1.29, 1.82) is 0 Å². The predicted molar refractivity (Wildman–Crippen MR) is 94.4 cm³/mol. The number of phenols is 2. The van der Waals surface area contributed by atoms with Gasteiger partial charge in [-0.3, -0.25) is 4.79 Å². The third-order valence-electron chi connectivity index (χ3n) is 3.65. The molecule has 0 unspecified atom stereocenters. The van der Waals surface area contributed by atoms with Crippen molar-refractivity contribution >= 4 is 11.6 Å². The van der Waals surface area contributed by atoms with Crippen LogP contribution in [0.5, 0.6) is 11.5 Å². The van der Waals surface area contributed by atoms with E-state index in [1.807, 2.05) is 30.3 Å². The monoisotopic (exact) mass is 326 g/mol. The summed E-state index contributed by atoms with van der Waals surface area (Å²) in [7, 11) is 0. The van der Waals surface area contributed by atoms with Crippen molar-refractivity contribution in [2.75, 3.05) is 0 Å². The van der Waals surface area contributed by atoms with Gasteiger partial charge in [0.25, 0.3) is 5.91 Å². The molecule has 0 atom stereocenters. The van der Waals surface area contributed by atoms with E-state index in [1.165, 1.54) is 18.2 Å². The molecule has 0 aliphatic carbocycles. The minimum atomic E-state index is -0.436. The number of unbranched alkanes of at least 4 members (excludes halogenated alkanes) is 2. The number of aromatic hydroxyl groups is 2. The summed E-state index contributed by atoms with van der Waals surface area (Å²) in [4.78, 5) is 12.2. The molecule has 0 aromatic heterocycles. The van der Waals surface area contributed by atoms with Gasteiger partial charge < -0.3 is 10.2 Å². The minimum absolute atomic E-state index is 0.231. The number of nitrogens with zero attached hydrogens (tertiary/aromatic N) is 1. The van der Waals surface area contributed by atoms with Gasteiger partial charge >= 0.3 is 0 Å². The highest BCUT2D eigenvalue weighted by molar-refractivity contribution is 6.02. The lowest BCUT2D eigenvalue weighted by molar-refractivity contribution is 0.0954. The molecular weight excluding hydrogens is 304 g/mol. The van der Waals surface area contributed by atoms with Crippen molar-refractivity contribution in [3.63, 3.8) is 0 Å². The Balaban J connectivity index is 2.13. The fourth-order valence-corrected chi connectivity index (χ4v) is 2.29. The highest BCUT2D eigenvalue weighted by atomic mass is 16.3. The Labute approximate surface area is 141 Å². The highest BCUT2D eigenvalue weighted by Crippen LogP contribution is 2.24. The Morgan fingerprint density at radius 2 is 1.75 bits per heavy atom. The Morgan fingerprint density at radius 1 is 1.00 bits per heavy atom. The molecular formula is C19H22N2O3. The Bertz CT molecular complexity index is 712. The van der Waals surface area contributed by atoms with E-state index < -0.39 is 5.91 Å². The van der Waals surface area contributed by atoms with E-state index in [9.17, 15) is 15.0 Å². The van der Waals surface area contributed by atoms with Crippen LogP contribution >= 0.6 is 0 Å². The van der Waals surface area contributed by atoms with Crippen LogP contribution in [0.25, 0.3) is 0 Å². The maximum atomic E-state index is 12.2. The molecule has 126 valence electrons. The largest absolute Gasteiger partial charge is 0.504 e. The van der Waals surface area contributed by atoms with E-state index in [2.05, 4.69) is 17.5 Å². The van der Waals surface area contributed by atoms with Gasteiger partial charge in [-0.2, -0.15) is 5.10 Å². The summed E-state index contributed by atoms with van der Waals surface area (Å²) in [5, 5.41) is 23.1. The molecule has 0 spiro atoms. The molecule has 3 N–H and O–H groups in total. The number of carbonyl (C=O) groups excluding carboxylic acids is 1. The van der Waals surface area contributed by atoms with E-state index in [1.54, 1.807) is 0 Å². The van der Waals surface area contributed by atoms with Crippen LogP contribution in [-0.4, -0.2) is 21.8 Å². The number of amides is 1. The minimum Gasteiger partial charge on any atom is -0.504 e. The van der Waals surface area contributed by atoms with Crippen molar-refractivity contribution in [3.8, 4) is 11.5 Å². The molecule has 2 aromatic rings. The molecule has 0 fully saturated rings. The summed E-state index contributed by atoms with van der Waals surface area (Å²) in [5.74, 6) is -1.04. The molecule has 2 rings (SSSR count). The lowest BCUT2D eigenvalue weighted by atomic mass is 10.0. The molecule has 1 amide bonds. The van der Waals surface area contributed by atoms with Gasteiger partial charge in [0, 0.05) is 5.56 Å². The predicted octanol–water partition coefficient (Wildman–Crippen LogP) is 3.81. The normalized spacial score (nSPS) is 11.3. The number of hydrazone groups is 1. The summed E-state index contributed by atoms with van der Waals surface area (Å²) in [5.41, 5.74) is 4.55. The van der Waals surface area contributed by atoms with E-state index in [0.717, 1.165) is 37.0 Å². The van der Waals surface area contributed by atoms with Crippen LogP contribution < -0.4 is 5.43 Å². The van der Waals surface area contributed by atoms with Crippen LogP contribution in [0.2, 0.25) is 0 Å². The lowest BCUT2D eigenvalue weighted by Crippen LogP contribution is -2.20. The second-order valence-corrected chi connectivity index (χ2v) is 5.53. The standard InChI is InChI=1S/C19H22N2O3/c1-2-3-5-10-16(14-8-6-4-7-9-14)20-21-19(24)15-11-12-17(22)18(23)13-15/h4,6-9,11-13,22-23H,2-3,5,10H2,1H3,(H,21,24)/b20-16-. The zero-order valence-electron chi connectivity index (χ0n) is 13.7. The van der Waals surface area contributed by atoms with Crippen molar-refractivity contribution in [3.05, 3.63) is 59.7 Å². The maximum Gasteiger partial charge on any atom is 0.271 e. The first-order valence-electron chi connectivity index (χ1n) is 8.06. The number of benzene rings is 2. The Hall–Kier alpha value is -2.82. The number of hydrogen-bond acceptors (Lipinski definition) is 4. The fraction of sp³-hybridized carbons (Fsp3) is 0.263. The topological polar surface area (TPSA) is 81.9 Å². The van der Waals surface area contributed by atoms with Crippen LogP contribution in [0, 0.1) is 0 Å². The van der Waals surface area contributed by atoms with Gasteiger partial charge in [0.05, 0.1) is 5.71 Å². The summed E-state index contributed by atoms with van der Waals surface area (Å²) in [6.45, 7) is 2.14. The molecule has 5 heteroatoms. The zero-order valence-corrected chi connectivity index (χ0v) is 13.7. The summed E-state index contributed by atoms with van der Waals surface area (Å²) < 4.78 is 0. The second-order valence-electron chi connectivity index (χ2n) is 5.53. The summed E-state index contributed by atoms with van der Waals surface area (Å²) >= 11 is 0. The number of rotatable bonds is 7. The van der Waals surface area contributed by atoms with Crippen LogP contribution in [0.15, 0.2) is 53.6 Å². The van der Waals surface area contributed by atoms with Gasteiger partial charge in [-0.15, -0.1) is 0 Å². The third-order valence-corrected chi connectivity index (χ3v) is 3.65. The second kappa shape index (κ2) is 8.72.